The summed E-state index contributed by atoms with van der Waals surface area (Å²) in [6.45, 7) is 7.94. The standard InChI is InChI=1S/C23H30N4O8S/c1-5-12-34-27(36(32,33)20-9-7-6-8-17(20)26(30)31)19-14-25(22(29)35-23(2,3)4)18(21(24)28)13-16(19)15-10-11-15/h5-9,13,15,18-19H,1,10-12,14H2,2-4H3,(H2,24,28)/t18-,19?/m0/s1. The number of nitrogens with zero attached hydrogens (tertiary/aromatic N) is 3. The van der Waals surface area contributed by atoms with Gasteiger partial charge in [-0.05, 0) is 51.2 Å². The molecule has 2 N–H and O–H groups in total. The fourth-order valence-corrected chi connectivity index (χ4v) is 5.50. The van der Waals surface area contributed by atoms with Crippen molar-refractivity contribution in [2.24, 2.45) is 11.7 Å². The number of carbonyl (C=O) groups is 2. The van der Waals surface area contributed by atoms with Gasteiger partial charge in [-0.2, -0.15) is 0 Å². The maximum Gasteiger partial charge on any atom is 0.411 e. The number of hydrogen-bond acceptors (Lipinski definition) is 8. The van der Waals surface area contributed by atoms with Gasteiger partial charge in [-0.25, -0.2) is 13.2 Å². The number of carbonyl (C=O) groups excluding carboxylic acids is 2. The first kappa shape index (κ1) is 27.3. The molecule has 2 aliphatic rings. The van der Waals surface area contributed by atoms with Gasteiger partial charge in [0, 0.05) is 12.6 Å². The van der Waals surface area contributed by atoms with Gasteiger partial charge in [0.1, 0.15) is 11.6 Å². The smallest absolute Gasteiger partial charge is 0.411 e. The number of ether oxygens (including phenoxy) is 1. The molecular weight excluding hydrogens is 492 g/mol. The third kappa shape index (κ3) is 5.91. The van der Waals surface area contributed by atoms with Gasteiger partial charge in [-0.3, -0.25) is 24.6 Å². The Labute approximate surface area is 209 Å². The van der Waals surface area contributed by atoms with Crippen LogP contribution in [0.2, 0.25) is 0 Å². The number of amides is 2. The summed E-state index contributed by atoms with van der Waals surface area (Å²) in [5.74, 6) is -0.869. The predicted molar refractivity (Wildman–Crippen MR) is 129 cm³/mol. The Bertz CT molecular complexity index is 1190. The van der Waals surface area contributed by atoms with Crippen molar-refractivity contribution < 1.29 is 32.5 Å². The number of hydrogen-bond donors (Lipinski definition) is 1. The molecule has 1 aliphatic heterocycles. The molecule has 0 bridgehead atoms. The zero-order chi connectivity index (χ0) is 26.8. The molecule has 1 unspecified atom stereocenters. The molecule has 1 aromatic carbocycles. The second-order valence-electron chi connectivity index (χ2n) is 9.51. The molecule has 1 fully saturated rings. The van der Waals surface area contributed by atoms with E-state index in [2.05, 4.69) is 6.58 Å². The summed E-state index contributed by atoms with van der Waals surface area (Å²) in [4.78, 5) is 42.2. The van der Waals surface area contributed by atoms with Gasteiger partial charge >= 0.3 is 6.09 Å². The van der Waals surface area contributed by atoms with Gasteiger partial charge in [-0.1, -0.05) is 28.8 Å². The lowest BCUT2D eigenvalue weighted by atomic mass is 9.94. The Balaban J connectivity index is 2.14. The molecular formula is C23H30N4O8S. The van der Waals surface area contributed by atoms with Crippen LogP contribution in [0.15, 0.2) is 53.5 Å². The fourth-order valence-electron chi connectivity index (χ4n) is 3.92. The minimum absolute atomic E-state index is 0.0616. The van der Waals surface area contributed by atoms with Crippen molar-refractivity contribution in [3.05, 3.63) is 58.7 Å². The highest BCUT2D eigenvalue weighted by Gasteiger charge is 2.48. The van der Waals surface area contributed by atoms with E-state index >= 15 is 0 Å². The molecule has 12 nitrogen and oxygen atoms in total. The summed E-state index contributed by atoms with van der Waals surface area (Å²) in [7, 11) is -4.62. The van der Waals surface area contributed by atoms with Gasteiger partial charge in [0.15, 0.2) is 4.90 Å². The van der Waals surface area contributed by atoms with Crippen molar-refractivity contribution in [2.45, 2.75) is 56.2 Å². The zero-order valence-corrected chi connectivity index (χ0v) is 21.1. The zero-order valence-electron chi connectivity index (χ0n) is 20.3. The van der Waals surface area contributed by atoms with Crippen molar-refractivity contribution in [1.29, 1.82) is 0 Å². The van der Waals surface area contributed by atoms with Crippen molar-refractivity contribution in [3.63, 3.8) is 0 Å². The van der Waals surface area contributed by atoms with Crippen LogP contribution in [-0.4, -0.2) is 65.5 Å². The van der Waals surface area contributed by atoms with Gasteiger partial charge in [0.2, 0.25) is 5.91 Å². The van der Waals surface area contributed by atoms with Gasteiger partial charge < -0.3 is 10.5 Å². The first-order valence-corrected chi connectivity index (χ1v) is 12.7. The number of rotatable bonds is 9. The second-order valence-corrected chi connectivity index (χ2v) is 11.3. The molecule has 36 heavy (non-hydrogen) atoms. The largest absolute Gasteiger partial charge is 0.444 e. The number of nitro groups is 1. The highest BCUT2D eigenvalue weighted by molar-refractivity contribution is 7.89. The van der Waals surface area contributed by atoms with Crippen LogP contribution in [0.25, 0.3) is 0 Å². The molecule has 1 heterocycles. The lowest BCUT2D eigenvalue weighted by Gasteiger charge is -2.41. The molecule has 1 saturated carbocycles. The normalized spacial score (nSPS) is 20.6. The molecule has 1 aliphatic carbocycles. The maximum absolute atomic E-state index is 13.8. The first-order chi connectivity index (χ1) is 16.8. The Morgan fingerprint density at radius 3 is 2.47 bits per heavy atom. The highest BCUT2D eigenvalue weighted by atomic mass is 32.2. The van der Waals surface area contributed by atoms with Crippen LogP contribution in [0.5, 0.6) is 0 Å². The number of nitrogens with two attached hydrogens (primary N) is 1. The van der Waals surface area contributed by atoms with Gasteiger partial charge in [0.05, 0.1) is 17.6 Å². The van der Waals surface area contributed by atoms with E-state index in [4.69, 9.17) is 15.3 Å². The molecule has 2 amide bonds. The summed E-state index contributed by atoms with van der Waals surface area (Å²) < 4.78 is 33.7. The Kier molecular flexibility index (Phi) is 7.86. The van der Waals surface area contributed by atoms with E-state index in [-0.39, 0.29) is 19.1 Å². The molecule has 0 aromatic heterocycles. The average Bonchev–Trinajstić information content (AvgIpc) is 3.63. The molecule has 13 heteroatoms. The summed E-state index contributed by atoms with van der Waals surface area (Å²) >= 11 is 0. The van der Waals surface area contributed by atoms with E-state index in [1.165, 1.54) is 24.3 Å². The van der Waals surface area contributed by atoms with Crippen LogP contribution < -0.4 is 5.73 Å². The highest BCUT2D eigenvalue weighted by Crippen LogP contribution is 2.43. The number of sulfonamides is 1. The second kappa shape index (κ2) is 10.4. The van der Waals surface area contributed by atoms with Gasteiger partial charge in [0.25, 0.3) is 15.7 Å². The number of benzene rings is 1. The first-order valence-electron chi connectivity index (χ1n) is 11.3. The van der Waals surface area contributed by atoms with E-state index in [0.29, 0.717) is 10.0 Å². The Morgan fingerprint density at radius 2 is 1.94 bits per heavy atom. The topological polar surface area (TPSA) is 162 Å². The lowest BCUT2D eigenvalue weighted by molar-refractivity contribution is -0.388. The summed E-state index contributed by atoms with van der Waals surface area (Å²) in [5, 5.41) is 11.6. The van der Waals surface area contributed by atoms with Crippen LogP contribution >= 0.6 is 0 Å². The van der Waals surface area contributed by atoms with E-state index in [1.807, 2.05) is 0 Å². The predicted octanol–water partition coefficient (Wildman–Crippen LogP) is 2.51. The summed E-state index contributed by atoms with van der Waals surface area (Å²) in [6.07, 6.45) is 3.40. The van der Waals surface area contributed by atoms with E-state index in [0.717, 1.165) is 29.9 Å². The molecule has 0 saturated heterocycles. The van der Waals surface area contributed by atoms with Crippen LogP contribution in [0.1, 0.15) is 33.6 Å². The average molecular weight is 523 g/mol. The number of hydroxylamine groups is 1. The lowest BCUT2D eigenvalue weighted by Crippen LogP contribution is -2.58. The van der Waals surface area contributed by atoms with Crippen LogP contribution in [0.3, 0.4) is 0 Å². The molecule has 3 rings (SSSR count). The van der Waals surface area contributed by atoms with Crippen molar-refractivity contribution in [2.75, 3.05) is 13.2 Å². The summed E-state index contributed by atoms with van der Waals surface area (Å²) in [5.41, 5.74) is 4.61. The van der Waals surface area contributed by atoms with Crippen LogP contribution in [0.4, 0.5) is 10.5 Å². The van der Waals surface area contributed by atoms with Crippen molar-refractivity contribution in [1.82, 2.24) is 9.37 Å². The Hall–Kier alpha value is -3.29. The third-order valence-electron chi connectivity index (χ3n) is 5.56. The molecule has 0 spiro atoms. The minimum atomic E-state index is -4.62. The van der Waals surface area contributed by atoms with Crippen molar-refractivity contribution >= 4 is 27.7 Å². The maximum atomic E-state index is 13.8. The van der Waals surface area contributed by atoms with E-state index in [1.54, 1.807) is 20.8 Å². The fraction of sp³-hybridized carbons (Fsp3) is 0.478. The van der Waals surface area contributed by atoms with E-state index < -0.39 is 55.2 Å². The van der Waals surface area contributed by atoms with Crippen LogP contribution in [0, 0.1) is 16.0 Å². The van der Waals surface area contributed by atoms with Gasteiger partial charge in [-0.15, -0.1) is 6.58 Å². The monoisotopic (exact) mass is 522 g/mol. The SMILES string of the molecule is C=CCON(C1CN(C(=O)OC(C)(C)C)[C@H](C(N)=O)C=C1C1CC1)S(=O)(=O)c1ccccc1[N+](=O)[O-]. The summed E-state index contributed by atoms with van der Waals surface area (Å²) in [6, 6.07) is 2.64. The number of para-hydroxylation sites is 1. The van der Waals surface area contributed by atoms with E-state index in [9.17, 15) is 28.1 Å². The van der Waals surface area contributed by atoms with Crippen molar-refractivity contribution in [3.8, 4) is 0 Å². The minimum Gasteiger partial charge on any atom is -0.444 e. The number of primary amides is 1. The molecule has 196 valence electrons. The quantitative estimate of drug-likeness (QED) is 0.294. The third-order valence-corrected chi connectivity index (χ3v) is 7.29. The molecule has 1 aromatic rings. The van der Waals surface area contributed by atoms with Crippen LogP contribution in [-0.2, 0) is 24.4 Å². The molecule has 0 radical (unpaired) electrons. The Morgan fingerprint density at radius 1 is 1.31 bits per heavy atom. The molecule has 2 atom stereocenters. The number of nitro benzene ring substituents is 1.